The van der Waals surface area contributed by atoms with Gasteiger partial charge in [0.15, 0.2) is 0 Å². The van der Waals surface area contributed by atoms with Crippen molar-refractivity contribution < 1.29 is 24.6 Å². The van der Waals surface area contributed by atoms with E-state index in [9.17, 15) is 24.6 Å². The van der Waals surface area contributed by atoms with E-state index in [1.807, 2.05) is 36.6 Å². The van der Waals surface area contributed by atoms with E-state index in [1.165, 1.54) is 16.7 Å². The first-order valence-electron chi connectivity index (χ1n) is 10.9. The summed E-state index contributed by atoms with van der Waals surface area (Å²) in [5, 5.41) is 25.3. The van der Waals surface area contributed by atoms with Gasteiger partial charge in [0, 0.05) is 11.3 Å². The third kappa shape index (κ3) is 6.27. The smallest absolute Gasteiger partial charge is 0.413 e. The van der Waals surface area contributed by atoms with Gasteiger partial charge in [-0.1, -0.05) is 30.3 Å². The van der Waals surface area contributed by atoms with Crippen molar-refractivity contribution in [3.8, 4) is 11.1 Å². The molecule has 1 heterocycles. The Morgan fingerprint density at radius 3 is 2.52 bits per heavy atom. The van der Waals surface area contributed by atoms with Gasteiger partial charge in [-0.15, -0.1) is 0 Å². The van der Waals surface area contributed by atoms with E-state index >= 15 is 0 Å². The molecule has 176 valence electrons. The second-order valence-corrected chi connectivity index (χ2v) is 8.85. The van der Waals surface area contributed by atoms with Crippen LogP contribution in [0, 0.1) is 0 Å². The predicted octanol–water partition coefficient (Wildman–Crippen LogP) is 3.87. The lowest BCUT2D eigenvalue weighted by atomic mass is 9.97. The number of aliphatic carboxylic acids is 1. The van der Waals surface area contributed by atoms with Gasteiger partial charge in [0.2, 0.25) is 0 Å². The van der Waals surface area contributed by atoms with E-state index in [0.717, 1.165) is 24.9 Å². The molecule has 8 nitrogen and oxygen atoms in total. The number of nitrogens with one attached hydrogen (secondary N) is 2. The van der Waals surface area contributed by atoms with Crippen LogP contribution in [0.5, 0.6) is 0 Å². The van der Waals surface area contributed by atoms with Crippen molar-refractivity contribution in [2.24, 2.45) is 0 Å². The molecule has 0 aliphatic carbocycles. The Kier molecular flexibility index (Phi) is 8.73. The van der Waals surface area contributed by atoms with Crippen molar-refractivity contribution in [3.05, 3.63) is 54.1 Å². The van der Waals surface area contributed by atoms with Gasteiger partial charge in [-0.3, -0.25) is 15.0 Å². The summed E-state index contributed by atoms with van der Waals surface area (Å²) in [6.07, 6.45) is 3.39. The van der Waals surface area contributed by atoms with E-state index in [4.69, 9.17) is 0 Å². The van der Waals surface area contributed by atoms with Gasteiger partial charge < -0.3 is 15.5 Å². The zero-order valence-electron chi connectivity index (χ0n) is 18.5. The average molecular weight is 472 g/mol. The normalized spacial score (nSPS) is 16.6. The van der Waals surface area contributed by atoms with Crippen LogP contribution in [0.1, 0.15) is 36.0 Å². The third-order valence-corrected chi connectivity index (χ3v) is 6.27. The molecule has 3 rings (SSSR count). The van der Waals surface area contributed by atoms with Crippen LogP contribution in [-0.4, -0.2) is 58.9 Å². The maximum Gasteiger partial charge on any atom is 0.413 e. The highest BCUT2D eigenvalue weighted by Crippen LogP contribution is 2.31. The molecule has 1 saturated heterocycles. The monoisotopic (exact) mass is 471 g/mol. The number of hydrogen-bond acceptors (Lipinski definition) is 5. The van der Waals surface area contributed by atoms with Gasteiger partial charge in [-0.05, 0) is 73.6 Å². The fourth-order valence-electron chi connectivity index (χ4n) is 3.94. The summed E-state index contributed by atoms with van der Waals surface area (Å²) in [6.45, 7) is 0.743. The summed E-state index contributed by atoms with van der Waals surface area (Å²) in [7, 11) is 0. The summed E-state index contributed by atoms with van der Waals surface area (Å²) < 4.78 is 0. The Morgan fingerprint density at radius 2 is 1.91 bits per heavy atom. The zero-order chi connectivity index (χ0) is 23.8. The number of benzene rings is 2. The number of carboxylic acid groups (broad SMARTS) is 2. The minimum absolute atomic E-state index is 0.294. The van der Waals surface area contributed by atoms with Gasteiger partial charge in [0.1, 0.15) is 6.04 Å². The highest BCUT2D eigenvalue weighted by atomic mass is 32.2. The zero-order valence-corrected chi connectivity index (χ0v) is 19.3. The number of carbonyl (C=O) groups excluding carboxylic acids is 1. The van der Waals surface area contributed by atoms with Crippen LogP contribution in [0.3, 0.4) is 0 Å². The van der Waals surface area contributed by atoms with Crippen LogP contribution >= 0.6 is 11.8 Å². The Morgan fingerprint density at radius 1 is 1.15 bits per heavy atom. The van der Waals surface area contributed by atoms with Crippen molar-refractivity contribution in [2.45, 2.75) is 37.9 Å². The molecule has 0 radical (unpaired) electrons. The second kappa shape index (κ2) is 11.7. The van der Waals surface area contributed by atoms with Crippen LogP contribution in [0.4, 0.5) is 10.5 Å². The fourth-order valence-corrected chi connectivity index (χ4v) is 4.41. The Bertz CT molecular complexity index is 979. The number of amides is 2. The first-order valence-corrected chi connectivity index (χ1v) is 12.3. The lowest BCUT2D eigenvalue weighted by Gasteiger charge is -2.33. The Labute approximate surface area is 197 Å². The number of hydrogen-bond donors (Lipinski definition) is 4. The molecule has 0 bridgehead atoms. The van der Waals surface area contributed by atoms with Crippen LogP contribution in [0.2, 0.25) is 0 Å². The van der Waals surface area contributed by atoms with Crippen molar-refractivity contribution in [1.82, 2.24) is 10.6 Å². The molecule has 1 aliphatic rings. The van der Waals surface area contributed by atoms with E-state index < -0.39 is 24.0 Å². The van der Waals surface area contributed by atoms with E-state index in [-0.39, 0.29) is 6.17 Å². The van der Waals surface area contributed by atoms with Gasteiger partial charge >= 0.3 is 12.1 Å². The first kappa shape index (κ1) is 24.6. The van der Waals surface area contributed by atoms with Crippen molar-refractivity contribution in [1.29, 1.82) is 0 Å². The molecule has 4 N–H and O–H groups in total. The Balaban J connectivity index is 1.99. The molecule has 1 unspecified atom stereocenters. The minimum Gasteiger partial charge on any atom is -0.480 e. The first-order chi connectivity index (χ1) is 15.9. The molecule has 0 aromatic heterocycles. The van der Waals surface area contributed by atoms with E-state index in [2.05, 4.69) is 10.6 Å². The highest BCUT2D eigenvalue weighted by Gasteiger charge is 2.28. The molecule has 2 atom stereocenters. The fraction of sp³-hybridized carbons (Fsp3) is 0.375. The van der Waals surface area contributed by atoms with Crippen molar-refractivity contribution in [2.75, 3.05) is 23.5 Å². The molecule has 2 amide bonds. The number of anilines is 1. The maximum atomic E-state index is 13.1. The lowest BCUT2D eigenvalue weighted by Crippen LogP contribution is -2.50. The molecular formula is C24H29N3O5S. The lowest BCUT2D eigenvalue weighted by molar-refractivity contribution is -0.139. The molecule has 0 saturated carbocycles. The van der Waals surface area contributed by atoms with Crippen LogP contribution in [0.25, 0.3) is 11.1 Å². The van der Waals surface area contributed by atoms with Gasteiger partial charge in [0.25, 0.3) is 5.91 Å². The van der Waals surface area contributed by atoms with E-state index in [1.54, 1.807) is 18.2 Å². The molecule has 2 aromatic carbocycles. The van der Waals surface area contributed by atoms with Crippen LogP contribution in [0.15, 0.2) is 48.5 Å². The van der Waals surface area contributed by atoms with Crippen LogP contribution < -0.4 is 15.5 Å². The molecule has 1 aliphatic heterocycles. The van der Waals surface area contributed by atoms with Crippen molar-refractivity contribution in [3.63, 3.8) is 0 Å². The molecule has 9 heteroatoms. The summed E-state index contributed by atoms with van der Waals surface area (Å²) in [5.74, 6) is -0.994. The van der Waals surface area contributed by atoms with Gasteiger partial charge in [0.05, 0.1) is 6.17 Å². The second-order valence-electron chi connectivity index (χ2n) is 7.86. The van der Waals surface area contributed by atoms with Crippen molar-refractivity contribution >= 4 is 35.4 Å². The maximum absolute atomic E-state index is 13.1. The summed E-state index contributed by atoms with van der Waals surface area (Å²) >= 11 is 1.51. The van der Waals surface area contributed by atoms with Crippen LogP contribution in [-0.2, 0) is 4.79 Å². The third-order valence-electron chi connectivity index (χ3n) is 5.63. The van der Waals surface area contributed by atoms with Gasteiger partial charge in [-0.25, -0.2) is 9.59 Å². The number of piperidine rings is 1. The molecule has 33 heavy (non-hydrogen) atoms. The number of thioether (sulfide) groups is 1. The molecular weight excluding hydrogens is 442 g/mol. The number of rotatable bonds is 9. The number of nitrogens with zero attached hydrogens (tertiary/aromatic N) is 1. The number of carbonyl (C=O) groups is 3. The Hall–Kier alpha value is -3.04. The average Bonchev–Trinajstić information content (AvgIpc) is 2.82. The SMILES string of the molecule is CSCC[C@H](NC(=O)c1ccc(N(C(=O)O)C2CCCCN2)cc1-c1ccccc1)C(=O)O. The summed E-state index contributed by atoms with van der Waals surface area (Å²) in [6, 6.07) is 13.0. The predicted molar refractivity (Wildman–Crippen MR) is 130 cm³/mol. The molecule has 0 spiro atoms. The minimum atomic E-state index is -1.09. The highest BCUT2D eigenvalue weighted by molar-refractivity contribution is 7.98. The number of carboxylic acids is 1. The quantitative estimate of drug-likeness (QED) is 0.438. The summed E-state index contributed by atoms with van der Waals surface area (Å²) in [5.41, 5.74) is 2.03. The molecule has 2 aromatic rings. The van der Waals surface area contributed by atoms with Gasteiger partial charge in [-0.2, -0.15) is 11.8 Å². The largest absolute Gasteiger partial charge is 0.480 e. The van der Waals surface area contributed by atoms with E-state index in [0.29, 0.717) is 35.4 Å². The topological polar surface area (TPSA) is 119 Å². The summed E-state index contributed by atoms with van der Waals surface area (Å²) in [4.78, 5) is 38.2. The standard InChI is InChI=1S/C24H29N3O5S/c1-33-14-12-20(23(29)30)26-22(28)18-11-10-17(15-19(18)16-7-3-2-4-8-16)27(24(31)32)21-9-5-6-13-25-21/h2-4,7-8,10-11,15,20-21,25H,5-6,9,12-14H2,1H3,(H,26,28)(H,29,30)(H,31,32)/t20-,21?/m0/s1. The molecule has 1 fully saturated rings.